The first-order valence-electron chi connectivity index (χ1n) is 14.7. The third-order valence-corrected chi connectivity index (χ3v) is 12.1. The van der Waals surface area contributed by atoms with Gasteiger partial charge < -0.3 is 14.2 Å². The van der Waals surface area contributed by atoms with Gasteiger partial charge in [0, 0.05) is 18.9 Å². The van der Waals surface area contributed by atoms with Crippen molar-refractivity contribution in [1.29, 1.82) is 0 Å². The van der Waals surface area contributed by atoms with Crippen LogP contribution in [0.3, 0.4) is 0 Å². The van der Waals surface area contributed by atoms with Crippen LogP contribution >= 0.6 is 0 Å². The van der Waals surface area contributed by atoms with Crippen LogP contribution in [-0.2, 0) is 14.2 Å². The molecule has 1 spiro atoms. The smallest absolute Gasteiger partial charge is 0.435 e. The monoisotopic (exact) mass is 485 g/mol. The van der Waals surface area contributed by atoms with Crippen LogP contribution in [0.4, 0.5) is 4.79 Å². The van der Waals surface area contributed by atoms with Gasteiger partial charge >= 0.3 is 6.16 Å². The van der Waals surface area contributed by atoms with Gasteiger partial charge in [-0.1, -0.05) is 39.3 Å². The summed E-state index contributed by atoms with van der Waals surface area (Å²) in [7, 11) is 0. The van der Waals surface area contributed by atoms with Crippen molar-refractivity contribution in [3.63, 3.8) is 0 Å². The zero-order chi connectivity index (χ0) is 24.6. The summed E-state index contributed by atoms with van der Waals surface area (Å²) in [5.74, 6) is 4.32. The van der Waals surface area contributed by atoms with Crippen molar-refractivity contribution in [3.8, 4) is 0 Å². The fourth-order valence-electron chi connectivity index (χ4n) is 10.2. The maximum atomic E-state index is 11.9. The number of fused-ring (bicyclic) bond motifs is 7. The van der Waals surface area contributed by atoms with Gasteiger partial charge in [0.15, 0.2) is 0 Å². The van der Waals surface area contributed by atoms with Crippen LogP contribution in [0.25, 0.3) is 0 Å². The quantitative estimate of drug-likeness (QED) is 0.359. The molecule has 3 saturated carbocycles. The second kappa shape index (κ2) is 8.48. The Hall–Kier alpha value is -1.07. The van der Waals surface area contributed by atoms with Gasteiger partial charge in [-0.15, -0.1) is 0 Å². The van der Waals surface area contributed by atoms with Crippen molar-refractivity contribution in [2.75, 3.05) is 13.2 Å². The lowest BCUT2D eigenvalue weighted by Crippen LogP contribution is -2.57. The van der Waals surface area contributed by atoms with Crippen molar-refractivity contribution >= 4 is 6.16 Å². The maximum absolute atomic E-state index is 11.9. The maximum Gasteiger partial charge on any atom is 0.508 e. The van der Waals surface area contributed by atoms with Crippen molar-refractivity contribution in [1.82, 2.24) is 5.32 Å². The van der Waals surface area contributed by atoms with Crippen LogP contribution in [0.5, 0.6) is 0 Å². The fraction of sp³-hybridized carbons (Fsp3) is 0.900. The summed E-state index contributed by atoms with van der Waals surface area (Å²) < 4.78 is 17.7. The Morgan fingerprint density at radius 3 is 2.71 bits per heavy atom. The number of carbonyl (C=O) groups is 1. The number of piperidine rings is 1. The van der Waals surface area contributed by atoms with Crippen LogP contribution < -0.4 is 5.32 Å². The van der Waals surface area contributed by atoms with Crippen LogP contribution in [0.15, 0.2) is 11.6 Å². The highest BCUT2D eigenvalue weighted by molar-refractivity contribution is 5.60. The Morgan fingerprint density at radius 2 is 1.97 bits per heavy atom. The topological polar surface area (TPSA) is 56.8 Å². The molecule has 6 rings (SSSR count). The van der Waals surface area contributed by atoms with E-state index < -0.39 is 6.16 Å². The largest absolute Gasteiger partial charge is 0.508 e. The molecule has 2 saturated heterocycles. The average Bonchev–Trinajstić information content (AvgIpc) is 3.26. The highest BCUT2D eigenvalue weighted by Crippen LogP contribution is 2.70. The first-order valence-corrected chi connectivity index (χ1v) is 14.7. The summed E-state index contributed by atoms with van der Waals surface area (Å²) in [4.78, 5) is 11.9. The van der Waals surface area contributed by atoms with Gasteiger partial charge in [0.05, 0.1) is 12.7 Å². The van der Waals surface area contributed by atoms with Crippen molar-refractivity contribution in [2.24, 2.45) is 46.3 Å². The summed E-state index contributed by atoms with van der Waals surface area (Å²) in [5, 5.41) is 3.88. The van der Waals surface area contributed by atoms with E-state index in [1.54, 1.807) is 5.57 Å². The molecule has 0 bridgehead atoms. The second-order valence-electron chi connectivity index (χ2n) is 13.6. The minimum absolute atomic E-state index is 0.0271. The van der Waals surface area contributed by atoms with E-state index in [0.717, 1.165) is 49.5 Å². The molecule has 5 nitrogen and oxygen atoms in total. The molecule has 6 aliphatic rings. The minimum atomic E-state index is -0.505. The van der Waals surface area contributed by atoms with Crippen LogP contribution in [-0.4, -0.2) is 37.2 Å². The molecule has 11 atom stereocenters. The molecular weight excluding hydrogens is 438 g/mol. The fourth-order valence-corrected chi connectivity index (χ4v) is 10.2. The lowest BCUT2D eigenvalue weighted by molar-refractivity contribution is -0.115. The number of hydrogen-bond donors (Lipinski definition) is 1. The van der Waals surface area contributed by atoms with E-state index in [2.05, 4.69) is 39.1 Å². The van der Waals surface area contributed by atoms with Crippen LogP contribution in [0.1, 0.15) is 92.4 Å². The summed E-state index contributed by atoms with van der Waals surface area (Å²) in [6.07, 6.45) is 13.0. The molecule has 2 heterocycles. The molecule has 4 aliphatic carbocycles. The minimum Gasteiger partial charge on any atom is -0.435 e. The van der Waals surface area contributed by atoms with E-state index in [1.165, 1.54) is 38.5 Å². The highest BCUT2D eigenvalue weighted by Gasteiger charge is 2.68. The number of carbonyl (C=O) groups excluding carboxylic acids is 1. The average molecular weight is 486 g/mol. The first kappa shape index (κ1) is 24.3. The third kappa shape index (κ3) is 3.57. The molecule has 0 amide bonds. The van der Waals surface area contributed by atoms with Crippen molar-refractivity contribution in [2.45, 2.75) is 110 Å². The number of allylic oxidation sites excluding steroid dienone is 1. The van der Waals surface area contributed by atoms with Gasteiger partial charge in [-0.25, -0.2) is 4.79 Å². The Morgan fingerprint density at radius 1 is 1.14 bits per heavy atom. The molecule has 0 aromatic rings. The Labute approximate surface area is 212 Å². The number of nitrogens with one attached hydrogen (secondary N) is 1. The molecule has 1 N–H and O–H groups in total. The Bertz CT molecular complexity index is 878. The highest BCUT2D eigenvalue weighted by atomic mass is 16.7. The lowest BCUT2D eigenvalue weighted by Gasteiger charge is -2.58. The Balaban J connectivity index is 1.20. The van der Waals surface area contributed by atoms with E-state index in [-0.39, 0.29) is 17.2 Å². The second-order valence-corrected chi connectivity index (χ2v) is 13.6. The van der Waals surface area contributed by atoms with Gasteiger partial charge in [-0.2, -0.15) is 0 Å². The van der Waals surface area contributed by atoms with Gasteiger partial charge in [0.25, 0.3) is 0 Å². The van der Waals surface area contributed by atoms with E-state index in [1.807, 2.05) is 6.92 Å². The summed E-state index contributed by atoms with van der Waals surface area (Å²) in [6.45, 7) is 13.3. The summed E-state index contributed by atoms with van der Waals surface area (Å²) in [5.41, 5.74) is 2.12. The zero-order valence-corrected chi connectivity index (χ0v) is 22.6. The number of ether oxygens (including phenoxy) is 3. The van der Waals surface area contributed by atoms with E-state index in [9.17, 15) is 4.79 Å². The normalized spacial score (nSPS) is 52.7. The predicted molar refractivity (Wildman–Crippen MR) is 136 cm³/mol. The van der Waals surface area contributed by atoms with E-state index in [0.29, 0.717) is 30.0 Å². The molecule has 0 aromatic carbocycles. The molecule has 2 aliphatic heterocycles. The summed E-state index contributed by atoms with van der Waals surface area (Å²) in [6, 6.07) is 0. The van der Waals surface area contributed by atoms with Crippen LogP contribution in [0, 0.1) is 46.3 Å². The molecule has 35 heavy (non-hydrogen) atoms. The van der Waals surface area contributed by atoms with Gasteiger partial charge in [-0.3, -0.25) is 5.32 Å². The first-order chi connectivity index (χ1) is 16.7. The third-order valence-electron chi connectivity index (χ3n) is 12.1. The molecule has 11 unspecified atom stereocenters. The number of hydrogen-bond acceptors (Lipinski definition) is 5. The van der Waals surface area contributed by atoms with Gasteiger partial charge in [0.1, 0.15) is 11.8 Å². The standard InChI is InChI=1S/C30H47NO4/c1-6-33-27(32)34-21-10-12-28(4)20(15-21)7-8-22-23(28)11-13-29(5)24(22)16-25-26(29)19(3)30(35-25)14-9-18(2)17-31-30/h7,18-19,21-26,31H,6,8-17H2,1-5H3. The lowest BCUT2D eigenvalue weighted by atomic mass is 9.47. The van der Waals surface area contributed by atoms with Gasteiger partial charge in [0.2, 0.25) is 0 Å². The van der Waals surface area contributed by atoms with Crippen molar-refractivity contribution in [3.05, 3.63) is 11.6 Å². The predicted octanol–water partition coefficient (Wildman–Crippen LogP) is 6.47. The molecule has 0 radical (unpaired) electrons. The van der Waals surface area contributed by atoms with E-state index in [4.69, 9.17) is 14.2 Å². The van der Waals surface area contributed by atoms with E-state index >= 15 is 0 Å². The number of rotatable bonds is 2. The Kier molecular flexibility index (Phi) is 5.88. The zero-order valence-electron chi connectivity index (χ0n) is 22.6. The molecule has 5 heteroatoms. The molecule has 196 valence electrons. The van der Waals surface area contributed by atoms with Crippen molar-refractivity contribution < 1.29 is 19.0 Å². The molecular formula is C30H47NO4. The van der Waals surface area contributed by atoms with Crippen LogP contribution in [0.2, 0.25) is 0 Å². The SMILES string of the molecule is CCOC(=O)OC1CCC2(C)C(=CCC3C2CCC2(C)C3CC3OC4(CCC(C)CN4)C(C)C32)C1. The molecule has 5 fully saturated rings. The molecule has 0 aromatic heterocycles. The van der Waals surface area contributed by atoms with Gasteiger partial charge in [-0.05, 0) is 98.7 Å². The summed E-state index contributed by atoms with van der Waals surface area (Å²) >= 11 is 0.